The first-order valence-corrected chi connectivity index (χ1v) is 11.5. The van der Waals surface area contributed by atoms with Crippen molar-refractivity contribution in [2.75, 3.05) is 4.72 Å². The number of nitro groups is 1. The van der Waals surface area contributed by atoms with Crippen molar-refractivity contribution in [2.45, 2.75) is 11.8 Å². The SMILES string of the molecule is Cc1sc(NS(=O)(=O)c2ccc([N+](=O)[O-])cc2)nc1-c1ccc(-c2ccccc2)cc1. The van der Waals surface area contributed by atoms with Crippen molar-refractivity contribution >= 4 is 32.2 Å². The first kappa shape index (κ1) is 20.7. The lowest BCUT2D eigenvalue weighted by Gasteiger charge is -2.05. The third-order valence-corrected chi connectivity index (χ3v) is 7.01. The van der Waals surface area contributed by atoms with Crippen molar-refractivity contribution in [1.82, 2.24) is 4.98 Å². The van der Waals surface area contributed by atoms with Crippen molar-refractivity contribution in [1.29, 1.82) is 0 Å². The molecule has 7 nitrogen and oxygen atoms in total. The van der Waals surface area contributed by atoms with E-state index in [1.165, 1.54) is 23.5 Å². The number of nitrogens with zero attached hydrogens (tertiary/aromatic N) is 2. The van der Waals surface area contributed by atoms with Crippen LogP contribution in [0.5, 0.6) is 0 Å². The zero-order chi connectivity index (χ0) is 22.0. The maximum Gasteiger partial charge on any atom is 0.269 e. The van der Waals surface area contributed by atoms with Gasteiger partial charge in [0, 0.05) is 22.6 Å². The van der Waals surface area contributed by atoms with E-state index in [9.17, 15) is 18.5 Å². The van der Waals surface area contributed by atoms with Gasteiger partial charge in [0.25, 0.3) is 15.7 Å². The number of non-ortho nitro benzene ring substituents is 1. The average molecular weight is 452 g/mol. The molecule has 0 saturated heterocycles. The van der Waals surface area contributed by atoms with Crippen LogP contribution in [-0.2, 0) is 10.0 Å². The molecule has 0 bridgehead atoms. The van der Waals surface area contributed by atoms with E-state index in [1.54, 1.807) is 0 Å². The van der Waals surface area contributed by atoms with Crippen LogP contribution >= 0.6 is 11.3 Å². The minimum Gasteiger partial charge on any atom is -0.258 e. The van der Waals surface area contributed by atoms with Crippen LogP contribution in [0.3, 0.4) is 0 Å². The summed E-state index contributed by atoms with van der Waals surface area (Å²) < 4.78 is 27.7. The molecule has 0 aliphatic heterocycles. The summed E-state index contributed by atoms with van der Waals surface area (Å²) in [7, 11) is -3.91. The van der Waals surface area contributed by atoms with Gasteiger partial charge in [0.05, 0.1) is 15.5 Å². The van der Waals surface area contributed by atoms with E-state index < -0.39 is 14.9 Å². The number of anilines is 1. The van der Waals surface area contributed by atoms with E-state index in [2.05, 4.69) is 9.71 Å². The van der Waals surface area contributed by atoms with Crippen LogP contribution in [0.4, 0.5) is 10.8 Å². The molecule has 0 aliphatic carbocycles. The molecule has 0 amide bonds. The minimum absolute atomic E-state index is 0.0697. The van der Waals surface area contributed by atoms with Crippen molar-refractivity contribution in [2.24, 2.45) is 0 Å². The number of nitrogens with one attached hydrogen (secondary N) is 1. The van der Waals surface area contributed by atoms with Crippen LogP contribution in [0, 0.1) is 17.0 Å². The second-order valence-corrected chi connectivity index (χ2v) is 9.61. The lowest BCUT2D eigenvalue weighted by molar-refractivity contribution is -0.384. The number of aryl methyl sites for hydroxylation is 1. The van der Waals surface area contributed by atoms with E-state index in [0.29, 0.717) is 5.69 Å². The molecule has 0 spiro atoms. The minimum atomic E-state index is -3.91. The highest BCUT2D eigenvalue weighted by atomic mass is 32.2. The van der Waals surface area contributed by atoms with Crippen molar-refractivity contribution in [3.8, 4) is 22.4 Å². The summed E-state index contributed by atoms with van der Waals surface area (Å²) in [5.41, 5.74) is 3.60. The van der Waals surface area contributed by atoms with E-state index >= 15 is 0 Å². The van der Waals surface area contributed by atoms with Gasteiger partial charge in [-0.05, 0) is 30.2 Å². The third kappa shape index (κ3) is 4.47. The van der Waals surface area contributed by atoms with Gasteiger partial charge in [-0.25, -0.2) is 13.4 Å². The van der Waals surface area contributed by atoms with Gasteiger partial charge in [0.1, 0.15) is 0 Å². The van der Waals surface area contributed by atoms with Gasteiger partial charge in [-0.2, -0.15) is 0 Å². The van der Waals surface area contributed by atoms with Gasteiger partial charge in [0.15, 0.2) is 5.13 Å². The molecule has 0 atom stereocenters. The van der Waals surface area contributed by atoms with Gasteiger partial charge in [-0.3, -0.25) is 14.8 Å². The Labute approximate surface area is 183 Å². The quantitative estimate of drug-likeness (QED) is 0.308. The number of benzene rings is 3. The fourth-order valence-electron chi connectivity index (χ4n) is 3.08. The Morgan fingerprint density at radius 2 is 1.45 bits per heavy atom. The molecule has 0 saturated carbocycles. The molecule has 1 N–H and O–H groups in total. The second kappa shape index (κ2) is 8.29. The maximum atomic E-state index is 12.6. The summed E-state index contributed by atoms with van der Waals surface area (Å²) in [6.45, 7) is 1.88. The molecule has 3 aromatic carbocycles. The molecular weight excluding hydrogens is 434 g/mol. The van der Waals surface area contributed by atoms with Gasteiger partial charge in [0.2, 0.25) is 0 Å². The molecule has 9 heteroatoms. The molecule has 0 aliphatic rings. The molecule has 1 heterocycles. The van der Waals surface area contributed by atoms with E-state index in [4.69, 9.17) is 0 Å². The second-order valence-electron chi connectivity index (χ2n) is 6.72. The number of hydrogen-bond donors (Lipinski definition) is 1. The Hall–Kier alpha value is -3.56. The fraction of sp³-hybridized carbons (Fsp3) is 0.0455. The normalized spacial score (nSPS) is 11.3. The number of thiazole rings is 1. The van der Waals surface area contributed by atoms with Gasteiger partial charge < -0.3 is 0 Å². The Bertz CT molecular complexity index is 1330. The van der Waals surface area contributed by atoms with Crippen LogP contribution in [-0.4, -0.2) is 18.3 Å². The standard InChI is InChI=1S/C22H17N3O4S2/c1-15-21(18-9-7-17(8-10-18)16-5-3-2-4-6-16)23-22(30-15)24-31(28,29)20-13-11-19(12-14-20)25(26)27/h2-14H,1H3,(H,23,24). The first-order valence-electron chi connectivity index (χ1n) is 9.24. The number of aromatic nitrogens is 1. The van der Waals surface area contributed by atoms with Gasteiger partial charge >= 0.3 is 0 Å². The molecule has 0 radical (unpaired) electrons. The summed E-state index contributed by atoms with van der Waals surface area (Å²) in [5.74, 6) is 0. The smallest absolute Gasteiger partial charge is 0.258 e. The van der Waals surface area contributed by atoms with Crippen LogP contribution in [0.1, 0.15) is 4.88 Å². The number of sulfonamides is 1. The molecule has 31 heavy (non-hydrogen) atoms. The number of nitro benzene ring substituents is 1. The summed E-state index contributed by atoms with van der Waals surface area (Å²) in [6, 6.07) is 22.6. The van der Waals surface area contributed by atoms with Crippen LogP contribution in [0.25, 0.3) is 22.4 Å². The largest absolute Gasteiger partial charge is 0.269 e. The summed E-state index contributed by atoms with van der Waals surface area (Å²) in [6.07, 6.45) is 0. The summed E-state index contributed by atoms with van der Waals surface area (Å²) >= 11 is 1.23. The topological polar surface area (TPSA) is 102 Å². The number of hydrogen-bond acceptors (Lipinski definition) is 6. The fourth-order valence-corrected chi connectivity index (χ4v) is 5.15. The van der Waals surface area contributed by atoms with Crippen LogP contribution in [0.2, 0.25) is 0 Å². The first-order chi connectivity index (χ1) is 14.8. The van der Waals surface area contributed by atoms with E-state index in [0.717, 1.165) is 33.7 Å². The highest BCUT2D eigenvalue weighted by molar-refractivity contribution is 7.93. The van der Waals surface area contributed by atoms with Gasteiger partial charge in [-0.15, -0.1) is 11.3 Å². The van der Waals surface area contributed by atoms with Crippen LogP contribution in [0.15, 0.2) is 83.8 Å². The Morgan fingerprint density at radius 1 is 0.871 bits per heavy atom. The molecule has 4 rings (SSSR count). The lowest BCUT2D eigenvalue weighted by atomic mass is 10.0. The van der Waals surface area contributed by atoms with Crippen molar-refractivity contribution < 1.29 is 13.3 Å². The van der Waals surface area contributed by atoms with Crippen molar-refractivity contribution in [3.05, 3.63) is 93.9 Å². The third-order valence-electron chi connectivity index (χ3n) is 4.64. The van der Waals surface area contributed by atoms with E-state index in [-0.39, 0.29) is 15.7 Å². The molecule has 0 unspecified atom stereocenters. The highest BCUT2D eigenvalue weighted by Crippen LogP contribution is 2.33. The van der Waals surface area contributed by atoms with Gasteiger partial charge in [-0.1, -0.05) is 54.6 Å². The monoisotopic (exact) mass is 451 g/mol. The Morgan fingerprint density at radius 3 is 2.06 bits per heavy atom. The zero-order valence-corrected chi connectivity index (χ0v) is 18.0. The molecule has 1 aromatic heterocycles. The number of rotatable bonds is 6. The predicted molar refractivity (Wildman–Crippen MR) is 122 cm³/mol. The molecular formula is C22H17N3O4S2. The Kier molecular flexibility index (Phi) is 5.53. The maximum absolute atomic E-state index is 12.6. The predicted octanol–water partition coefficient (Wildman–Crippen LogP) is 5.49. The average Bonchev–Trinajstić information content (AvgIpc) is 3.13. The highest BCUT2D eigenvalue weighted by Gasteiger charge is 2.19. The Balaban J connectivity index is 1.57. The summed E-state index contributed by atoms with van der Waals surface area (Å²) in [5, 5.41) is 11.0. The van der Waals surface area contributed by atoms with Crippen molar-refractivity contribution in [3.63, 3.8) is 0 Å². The zero-order valence-electron chi connectivity index (χ0n) is 16.3. The molecule has 4 aromatic rings. The molecule has 156 valence electrons. The van der Waals surface area contributed by atoms with E-state index in [1.807, 2.05) is 61.5 Å². The summed E-state index contributed by atoms with van der Waals surface area (Å²) in [4.78, 5) is 15.4. The van der Waals surface area contributed by atoms with Crippen LogP contribution < -0.4 is 4.72 Å². The molecule has 0 fully saturated rings. The lowest BCUT2D eigenvalue weighted by Crippen LogP contribution is -2.12.